The molecular weight excluding hydrogens is 256 g/mol. The number of nitrogens with one attached hydrogen (secondary N) is 2. The summed E-state index contributed by atoms with van der Waals surface area (Å²) in [6.07, 6.45) is 0.890. The van der Waals surface area contributed by atoms with E-state index in [0.717, 1.165) is 6.42 Å². The number of carbonyl (C=O) groups is 2. The normalized spacial score (nSPS) is 12.1. The van der Waals surface area contributed by atoms with Crippen molar-refractivity contribution >= 4 is 17.7 Å². The van der Waals surface area contributed by atoms with Gasteiger partial charge in [0.15, 0.2) is 0 Å². The third-order valence-electron chi connectivity index (χ3n) is 3.01. The fourth-order valence-corrected chi connectivity index (χ4v) is 2.15. The molecule has 0 spiro atoms. The Hall–Kier alpha value is -2.04. The van der Waals surface area contributed by atoms with Crippen LogP contribution in [0.1, 0.15) is 43.1 Å². The Kier molecular flexibility index (Phi) is 5.55. The second-order valence-corrected chi connectivity index (χ2v) is 5.41. The van der Waals surface area contributed by atoms with Gasteiger partial charge >= 0.3 is 12.0 Å². The number of amides is 2. The maximum atomic E-state index is 11.9. The number of rotatable bonds is 5. The van der Waals surface area contributed by atoms with Gasteiger partial charge in [0.2, 0.25) is 0 Å². The van der Waals surface area contributed by atoms with Crippen molar-refractivity contribution in [1.82, 2.24) is 5.32 Å². The van der Waals surface area contributed by atoms with Crippen molar-refractivity contribution in [1.29, 1.82) is 0 Å². The molecule has 1 aromatic carbocycles. The first-order valence-corrected chi connectivity index (χ1v) is 6.71. The molecule has 0 aliphatic rings. The molecule has 20 heavy (non-hydrogen) atoms. The molecule has 0 aliphatic carbocycles. The fraction of sp³-hybridized carbons (Fsp3) is 0.467. The number of hydrogen-bond donors (Lipinski definition) is 3. The lowest BCUT2D eigenvalue weighted by Gasteiger charge is -2.17. The van der Waals surface area contributed by atoms with Gasteiger partial charge in [0.05, 0.1) is 5.56 Å². The van der Waals surface area contributed by atoms with Gasteiger partial charge in [0.25, 0.3) is 0 Å². The lowest BCUT2D eigenvalue weighted by Crippen LogP contribution is -2.37. The van der Waals surface area contributed by atoms with Gasteiger partial charge in [-0.3, -0.25) is 0 Å². The van der Waals surface area contributed by atoms with Crippen LogP contribution >= 0.6 is 0 Å². The largest absolute Gasteiger partial charge is 0.478 e. The molecule has 5 heteroatoms. The molecule has 0 saturated carbocycles. The lowest BCUT2D eigenvalue weighted by atomic mass is 10.1. The van der Waals surface area contributed by atoms with Gasteiger partial charge in [0.1, 0.15) is 0 Å². The van der Waals surface area contributed by atoms with Crippen LogP contribution in [0.5, 0.6) is 0 Å². The maximum absolute atomic E-state index is 11.9. The first kappa shape index (κ1) is 16.0. The van der Waals surface area contributed by atoms with Crippen LogP contribution in [-0.2, 0) is 0 Å². The predicted octanol–water partition coefficient (Wildman–Crippen LogP) is 3.25. The van der Waals surface area contributed by atoms with Gasteiger partial charge < -0.3 is 15.7 Å². The third kappa shape index (κ3) is 4.57. The van der Waals surface area contributed by atoms with E-state index >= 15 is 0 Å². The summed E-state index contributed by atoms with van der Waals surface area (Å²) in [7, 11) is 0. The number of carboxylic acids is 1. The summed E-state index contributed by atoms with van der Waals surface area (Å²) in [6.45, 7) is 7.81. The Balaban J connectivity index is 2.71. The van der Waals surface area contributed by atoms with Crippen LogP contribution in [0.15, 0.2) is 18.2 Å². The first-order valence-electron chi connectivity index (χ1n) is 6.71. The molecule has 0 aliphatic heterocycles. The van der Waals surface area contributed by atoms with Gasteiger partial charge in [-0.15, -0.1) is 0 Å². The number of aromatic carboxylic acids is 1. The van der Waals surface area contributed by atoms with Gasteiger partial charge in [0, 0.05) is 11.7 Å². The number of benzene rings is 1. The second kappa shape index (κ2) is 6.93. The average Bonchev–Trinajstić information content (AvgIpc) is 2.29. The van der Waals surface area contributed by atoms with Crippen LogP contribution in [0.25, 0.3) is 0 Å². The highest BCUT2D eigenvalue weighted by molar-refractivity contribution is 5.95. The Labute approximate surface area is 119 Å². The Morgan fingerprint density at radius 2 is 1.90 bits per heavy atom. The minimum Gasteiger partial charge on any atom is -0.478 e. The highest BCUT2D eigenvalue weighted by atomic mass is 16.4. The predicted molar refractivity (Wildman–Crippen MR) is 79.2 cm³/mol. The molecule has 0 saturated heterocycles. The lowest BCUT2D eigenvalue weighted by molar-refractivity contribution is 0.0696. The zero-order chi connectivity index (χ0) is 15.3. The fourth-order valence-electron chi connectivity index (χ4n) is 2.15. The number of carbonyl (C=O) groups excluding carboxylic acids is 1. The Morgan fingerprint density at radius 3 is 2.45 bits per heavy atom. The molecule has 0 heterocycles. The van der Waals surface area contributed by atoms with Crippen molar-refractivity contribution in [3.8, 4) is 0 Å². The van der Waals surface area contributed by atoms with Crippen molar-refractivity contribution in [2.24, 2.45) is 5.92 Å². The zero-order valence-corrected chi connectivity index (χ0v) is 12.4. The molecule has 3 N–H and O–H groups in total. The molecular formula is C15H22N2O3. The van der Waals surface area contributed by atoms with E-state index in [1.54, 1.807) is 19.1 Å². The minimum absolute atomic E-state index is 0.0676. The standard InChI is InChI=1S/C15H22N2O3/c1-9(2)8-10(3)16-15(20)17-13-7-5-6-12(11(13)4)14(18)19/h5-7,9-10H,8H2,1-4H3,(H,18,19)(H2,16,17,20). The van der Waals surface area contributed by atoms with Crippen LogP contribution < -0.4 is 10.6 Å². The number of anilines is 1. The van der Waals surface area contributed by atoms with Gasteiger partial charge in [-0.1, -0.05) is 19.9 Å². The summed E-state index contributed by atoms with van der Waals surface area (Å²) in [6, 6.07) is 4.57. The quantitative estimate of drug-likeness (QED) is 0.773. The van der Waals surface area contributed by atoms with E-state index in [9.17, 15) is 9.59 Å². The van der Waals surface area contributed by atoms with Gasteiger partial charge in [-0.25, -0.2) is 9.59 Å². The van der Waals surface area contributed by atoms with Crippen LogP contribution in [-0.4, -0.2) is 23.1 Å². The van der Waals surface area contributed by atoms with Crippen LogP contribution in [0.2, 0.25) is 0 Å². The molecule has 5 nitrogen and oxygen atoms in total. The van der Waals surface area contributed by atoms with Crippen molar-refractivity contribution in [2.75, 3.05) is 5.32 Å². The molecule has 0 aromatic heterocycles. The molecule has 110 valence electrons. The van der Waals surface area contributed by atoms with E-state index in [0.29, 0.717) is 17.2 Å². The number of urea groups is 1. The maximum Gasteiger partial charge on any atom is 0.336 e. The molecule has 2 amide bonds. The minimum atomic E-state index is -1.00. The molecule has 1 aromatic rings. The molecule has 0 bridgehead atoms. The average molecular weight is 278 g/mol. The third-order valence-corrected chi connectivity index (χ3v) is 3.01. The SMILES string of the molecule is Cc1c(NC(=O)NC(C)CC(C)C)cccc1C(=O)O. The van der Waals surface area contributed by atoms with Crippen molar-refractivity contribution < 1.29 is 14.7 Å². The highest BCUT2D eigenvalue weighted by Gasteiger charge is 2.13. The zero-order valence-electron chi connectivity index (χ0n) is 12.4. The van der Waals surface area contributed by atoms with Crippen LogP contribution in [0.4, 0.5) is 10.5 Å². The summed E-state index contributed by atoms with van der Waals surface area (Å²) in [5, 5.41) is 14.6. The summed E-state index contributed by atoms with van der Waals surface area (Å²) in [4.78, 5) is 22.9. The van der Waals surface area contributed by atoms with Crippen molar-refractivity contribution in [3.05, 3.63) is 29.3 Å². The van der Waals surface area contributed by atoms with Crippen LogP contribution in [0.3, 0.4) is 0 Å². The van der Waals surface area contributed by atoms with E-state index in [1.807, 2.05) is 6.92 Å². The number of hydrogen-bond acceptors (Lipinski definition) is 2. The molecule has 1 unspecified atom stereocenters. The number of carboxylic acid groups (broad SMARTS) is 1. The smallest absolute Gasteiger partial charge is 0.336 e. The summed E-state index contributed by atoms with van der Waals surface area (Å²) < 4.78 is 0. The van der Waals surface area contributed by atoms with E-state index in [4.69, 9.17) is 5.11 Å². The van der Waals surface area contributed by atoms with E-state index < -0.39 is 5.97 Å². The molecule has 1 rings (SSSR count). The van der Waals surface area contributed by atoms with E-state index in [-0.39, 0.29) is 17.6 Å². The van der Waals surface area contributed by atoms with E-state index in [2.05, 4.69) is 24.5 Å². The highest BCUT2D eigenvalue weighted by Crippen LogP contribution is 2.18. The van der Waals surface area contributed by atoms with Crippen molar-refractivity contribution in [3.63, 3.8) is 0 Å². The Morgan fingerprint density at radius 1 is 1.25 bits per heavy atom. The van der Waals surface area contributed by atoms with Gasteiger partial charge in [-0.2, -0.15) is 0 Å². The van der Waals surface area contributed by atoms with E-state index in [1.165, 1.54) is 6.07 Å². The first-order chi connectivity index (χ1) is 9.31. The van der Waals surface area contributed by atoms with Crippen molar-refractivity contribution in [2.45, 2.75) is 40.2 Å². The topological polar surface area (TPSA) is 78.4 Å². The monoisotopic (exact) mass is 278 g/mol. The molecule has 1 atom stereocenters. The summed E-state index contributed by atoms with van der Waals surface area (Å²) in [5.74, 6) is -0.498. The van der Waals surface area contributed by atoms with Crippen LogP contribution in [0, 0.1) is 12.8 Å². The summed E-state index contributed by atoms with van der Waals surface area (Å²) in [5.41, 5.74) is 1.25. The Bertz CT molecular complexity index is 498. The molecule has 0 radical (unpaired) electrons. The summed E-state index contributed by atoms with van der Waals surface area (Å²) >= 11 is 0. The molecule has 0 fully saturated rings. The van der Waals surface area contributed by atoms with Gasteiger partial charge in [-0.05, 0) is 43.9 Å². The second-order valence-electron chi connectivity index (χ2n) is 5.41.